The minimum Gasteiger partial charge on any atom is -0.381 e. The van der Waals surface area contributed by atoms with Gasteiger partial charge in [0.05, 0.1) is 9.50 Å². The van der Waals surface area contributed by atoms with Gasteiger partial charge in [-0.1, -0.05) is 16.8 Å². The molecule has 0 unspecified atom stereocenters. The molecule has 1 heterocycles. The largest absolute Gasteiger partial charge is 0.381 e. The Balaban J connectivity index is 2.55. The van der Waals surface area contributed by atoms with Crippen LogP contribution in [0.25, 0.3) is 11.3 Å². The maximum absolute atomic E-state index is 13.3. The van der Waals surface area contributed by atoms with E-state index < -0.39 is 5.82 Å². The van der Waals surface area contributed by atoms with Crippen molar-refractivity contribution < 1.29 is 8.91 Å². The first-order valence-electron chi connectivity index (χ1n) is 3.95. The van der Waals surface area contributed by atoms with Crippen LogP contribution >= 0.6 is 27.5 Å². The predicted octanol–water partition coefficient (Wildman–Crippen LogP) is 3.48. The molecule has 0 fully saturated rings. The highest BCUT2D eigenvalue weighted by Crippen LogP contribution is 2.31. The van der Waals surface area contributed by atoms with Crippen LogP contribution in [0.15, 0.2) is 27.2 Å². The summed E-state index contributed by atoms with van der Waals surface area (Å²) in [4.78, 5) is 0. The van der Waals surface area contributed by atoms with Gasteiger partial charge in [0.25, 0.3) is 0 Å². The lowest BCUT2D eigenvalue weighted by atomic mass is 10.2. The van der Waals surface area contributed by atoms with E-state index >= 15 is 0 Å². The summed E-state index contributed by atoms with van der Waals surface area (Å²) in [5.41, 5.74) is 5.87. The number of nitrogens with two attached hydrogens (primary N) is 1. The highest BCUT2D eigenvalue weighted by molar-refractivity contribution is 9.10. The van der Waals surface area contributed by atoms with Crippen molar-refractivity contribution in [2.24, 2.45) is 0 Å². The van der Waals surface area contributed by atoms with E-state index in [1.165, 1.54) is 12.1 Å². The van der Waals surface area contributed by atoms with Gasteiger partial charge in [-0.05, 0) is 28.1 Å². The number of anilines is 1. The zero-order valence-corrected chi connectivity index (χ0v) is 9.64. The van der Waals surface area contributed by atoms with Crippen molar-refractivity contribution in [3.63, 3.8) is 0 Å². The second-order valence-electron chi connectivity index (χ2n) is 2.87. The summed E-state index contributed by atoms with van der Waals surface area (Å²) >= 11 is 8.81. The maximum atomic E-state index is 13.3. The number of hydrogen-bond acceptors (Lipinski definition) is 3. The lowest BCUT2D eigenvalue weighted by molar-refractivity contribution is 0.435. The number of aromatic nitrogens is 1. The van der Waals surface area contributed by atoms with Gasteiger partial charge in [-0.15, -0.1) is 0 Å². The fourth-order valence-corrected chi connectivity index (χ4v) is 1.56. The van der Waals surface area contributed by atoms with Crippen molar-refractivity contribution in [1.29, 1.82) is 0 Å². The van der Waals surface area contributed by atoms with Crippen molar-refractivity contribution in [2.75, 3.05) is 5.73 Å². The molecular weight excluding hydrogens is 286 g/mol. The Labute approximate surface area is 98.1 Å². The number of halogens is 3. The SMILES string of the molecule is Nc1cc(-c2cc(F)c(Br)c(Cl)c2)on1. The maximum Gasteiger partial charge on any atom is 0.169 e. The van der Waals surface area contributed by atoms with Crippen LogP contribution in [-0.2, 0) is 0 Å². The Morgan fingerprint density at radius 1 is 1.40 bits per heavy atom. The summed E-state index contributed by atoms with van der Waals surface area (Å²) in [6, 6.07) is 4.35. The van der Waals surface area contributed by atoms with Crippen LogP contribution in [0.1, 0.15) is 0 Å². The standard InChI is InChI=1S/C9H5BrClFN2O/c10-9-5(11)1-4(2-6(9)12)7-3-8(13)14-15-7/h1-3H,(H2,13,14). The van der Waals surface area contributed by atoms with Gasteiger partial charge in [0, 0.05) is 11.6 Å². The molecule has 0 saturated heterocycles. The first-order chi connectivity index (χ1) is 7.08. The monoisotopic (exact) mass is 290 g/mol. The van der Waals surface area contributed by atoms with Crippen LogP contribution in [0.2, 0.25) is 5.02 Å². The third kappa shape index (κ3) is 1.98. The van der Waals surface area contributed by atoms with Gasteiger partial charge >= 0.3 is 0 Å². The minimum atomic E-state index is -0.465. The first kappa shape index (κ1) is 10.4. The van der Waals surface area contributed by atoms with E-state index in [1.54, 1.807) is 6.07 Å². The molecule has 1 aromatic carbocycles. The van der Waals surface area contributed by atoms with Gasteiger partial charge in [0.15, 0.2) is 11.6 Å². The average molecular weight is 292 g/mol. The Morgan fingerprint density at radius 2 is 2.13 bits per heavy atom. The molecule has 0 bridgehead atoms. The molecule has 0 saturated carbocycles. The number of benzene rings is 1. The number of hydrogen-bond donors (Lipinski definition) is 1. The van der Waals surface area contributed by atoms with Crippen LogP contribution in [0.5, 0.6) is 0 Å². The second kappa shape index (κ2) is 3.83. The van der Waals surface area contributed by atoms with Gasteiger partial charge in [0.2, 0.25) is 0 Å². The highest BCUT2D eigenvalue weighted by Gasteiger charge is 2.11. The van der Waals surface area contributed by atoms with Crippen molar-refractivity contribution in [2.45, 2.75) is 0 Å². The van der Waals surface area contributed by atoms with Gasteiger partial charge < -0.3 is 10.3 Å². The number of nitrogen functional groups attached to an aromatic ring is 1. The summed E-state index contributed by atoms with van der Waals surface area (Å²) in [5.74, 6) is 0.151. The van der Waals surface area contributed by atoms with Crippen LogP contribution < -0.4 is 5.73 Å². The van der Waals surface area contributed by atoms with E-state index in [0.717, 1.165) is 0 Å². The molecular formula is C9H5BrClFN2O. The molecule has 2 rings (SSSR count). The first-order valence-corrected chi connectivity index (χ1v) is 5.12. The predicted molar refractivity (Wildman–Crippen MR) is 59.0 cm³/mol. The third-order valence-electron chi connectivity index (χ3n) is 1.80. The molecule has 6 heteroatoms. The Hall–Kier alpha value is -1.07. The molecule has 1 aromatic heterocycles. The Kier molecular flexibility index (Phi) is 2.67. The molecule has 2 aromatic rings. The fraction of sp³-hybridized carbons (Fsp3) is 0. The van der Waals surface area contributed by atoms with E-state index in [4.69, 9.17) is 21.9 Å². The highest BCUT2D eigenvalue weighted by atomic mass is 79.9. The zero-order valence-electron chi connectivity index (χ0n) is 7.30. The molecule has 0 aliphatic carbocycles. The molecule has 2 N–H and O–H groups in total. The van der Waals surface area contributed by atoms with Crippen molar-refractivity contribution >= 4 is 33.3 Å². The number of nitrogens with zero attached hydrogens (tertiary/aromatic N) is 1. The van der Waals surface area contributed by atoms with Crippen LogP contribution in [-0.4, -0.2) is 5.16 Å². The minimum absolute atomic E-state index is 0.223. The van der Waals surface area contributed by atoms with Crippen molar-refractivity contribution in [1.82, 2.24) is 5.16 Å². The van der Waals surface area contributed by atoms with Crippen LogP contribution in [0, 0.1) is 5.82 Å². The van der Waals surface area contributed by atoms with Gasteiger partial charge in [-0.3, -0.25) is 0 Å². The van der Waals surface area contributed by atoms with Crippen molar-refractivity contribution in [3.8, 4) is 11.3 Å². The molecule has 0 aliphatic rings. The summed E-state index contributed by atoms with van der Waals surface area (Å²) in [5, 5.41) is 3.76. The Bertz CT molecular complexity index is 492. The number of rotatable bonds is 1. The van der Waals surface area contributed by atoms with Gasteiger partial charge in [0.1, 0.15) is 5.82 Å². The summed E-state index contributed by atoms with van der Waals surface area (Å²) in [7, 11) is 0. The van der Waals surface area contributed by atoms with E-state index in [9.17, 15) is 4.39 Å². The lowest BCUT2D eigenvalue weighted by Gasteiger charge is -2.00. The smallest absolute Gasteiger partial charge is 0.169 e. The fourth-order valence-electron chi connectivity index (χ4n) is 1.12. The normalized spacial score (nSPS) is 10.6. The van der Waals surface area contributed by atoms with Crippen molar-refractivity contribution in [3.05, 3.63) is 33.5 Å². The summed E-state index contributed by atoms with van der Waals surface area (Å²) in [6.07, 6.45) is 0. The quantitative estimate of drug-likeness (QED) is 0.818. The van der Waals surface area contributed by atoms with Crippen LogP contribution in [0.4, 0.5) is 10.2 Å². The van der Waals surface area contributed by atoms with E-state index in [1.807, 2.05) is 0 Å². The third-order valence-corrected chi connectivity index (χ3v) is 3.13. The summed E-state index contributed by atoms with van der Waals surface area (Å²) < 4.78 is 18.4. The molecule has 15 heavy (non-hydrogen) atoms. The topological polar surface area (TPSA) is 52.0 Å². The Morgan fingerprint density at radius 3 is 2.67 bits per heavy atom. The average Bonchev–Trinajstić information content (AvgIpc) is 2.60. The van der Waals surface area contributed by atoms with E-state index in [-0.39, 0.29) is 15.3 Å². The molecule has 0 aliphatic heterocycles. The molecule has 0 radical (unpaired) electrons. The van der Waals surface area contributed by atoms with Crippen LogP contribution in [0.3, 0.4) is 0 Å². The molecule has 0 spiro atoms. The molecule has 0 amide bonds. The van der Waals surface area contributed by atoms with Gasteiger partial charge in [-0.2, -0.15) is 0 Å². The van der Waals surface area contributed by atoms with Gasteiger partial charge in [-0.25, -0.2) is 4.39 Å². The molecule has 3 nitrogen and oxygen atoms in total. The molecule has 78 valence electrons. The zero-order chi connectivity index (χ0) is 11.0. The van der Waals surface area contributed by atoms with E-state index in [0.29, 0.717) is 11.3 Å². The second-order valence-corrected chi connectivity index (χ2v) is 4.07. The lowest BCUT2D eigenvalue weighted by Crippen LogP contribution is -1.82. The summed E-state index contributed by atoms with van der Waals surface area (Å²) in [6.45, 7) is 0. The van der Waals surface area contributed by atoms with E-state index in [2.05, 4.69) is 21.1 Å². The molecule has 0 atom stereocenters.